The average molecular weight is 228 g/mol. The van der Waals surface area contributed by atoms with Crippen LogP contribution >= 0.6 is 24.2 Å². The summed E-state index contributed by atoms with van der Waals surface area (Å²) in [6, 6.07) is 0. The molecule has 13 heavy (non-hydrogen) atoms. The highest BCUT2D eigenvalue weighted by molar-refractivity contribution is 8.13. The molecule has 0 radical (unpaired) electrons. The summed E-state index contributed by atoms with van der Waals surface area (Å²) >= 11 is 1.07. The third kappa shape index (κ3) is 9.66. The van der Waals surface area contributed by atoms with Gasteiger partial charge in [-0.05, 0) is 6.92 Å². The first-order valence-corrected chi connectivity index (χ1v) is 4.70. The molecule has 0 amide bonds. The average Bonchev–Trinajstić information content (AvgIpc) is 2.04. The molecule has 4 nitrogen and oxygen atoms in total. The number of ether oxygens (including phenoxy) is 1. The molecule has 0 aliphatic rings. The van der Waals surface area contributed by atoms with Crippen LogP contribution < -0.4 is 5.73 Å². The molecule has 0 bridgehead atoms. The van der Waals surface area contributed by atoms with Gasteiger partial charge in [0.25, 0.3) is 0 Å². The van der Waals surface area contributed by atoms with Gasteiger partial charge in [0.05, 0.1) is 19.6 Å². The number of thioether (sulfide) groups is 1. The van der Waals surface area contributed by atoms with Gasteiger partial charge < -0.3 is 10.5 Å². The van der Waals surface area contributed by atoms with E-state index in [1.807, 2.05) is 0 Å². The Balaban J connectivity index is 0. The lowest BCUT2D eigenvalue weighted by Gasteiger charge is -1.99. The van der Waals surface area contributed by atoms with E-state index in [2.05, 4.69) is 4.74 Å². The Kier molecular flexibility index (Phi) is 11.5. The molecule has 78 valence electrons. The number of halogens is 1. The minimum atomic E-state index is -0.269. The molecule has 0 saturated carbocycles. The van der Waals surface area contributed by atoms with Gasteiger partial charge in [-0.3, -0.25) is 9.59 Å². The zero-order valence-corrected chi connectivity index (χ0v) is 9.08. The lowest BCUT2D eigenvalue weighted by molar-refractivity contribution is -0.142. The van der Waals surface area contributed by atoms with Gasteiger partial charge in [-0.15, -0.1) is 12.4 Å². The van der Waals surface area contributed by atoms with Crippen LogP contribution in [-0.2, 0) is 14.3 Å². The van der Waals surface area contributed by atoms with Crippen LogP contribution in [0.3, 0.4) is 0 Å². The highest BCUT2D eigenvalue weighted by Crippen LogP contribution is 2.03. The van der Waals surface area contributed by atoms with Crippen molar-refractivity contribution in [3.8, 4) is 0 Å². The predicted molar refractivity (Wildman–Crippen MR) is 55.0 cm³/mol. The van der Waals surface area contributed by atoms with Crippen molar-refractivity contribution in [3.05, 3.63) is 0 Å². The molecule has 2 N–H and O–H groups in total. The van der Waals surface area contributed by atoms with Crippen LogP contribution in [0.25, 0.3) is 0 Å². The summed E-state index contributed by atoms with van der Waals surface area (Å²) in [6.45, 7) is 2.15. The Morgan fingerprint density at radius 2 is 2.08 bits per heavy atom. The summed E-state index contributed by atoms with van der Waals surface area (Å²) in [4.78, 5) is 21.4. The highest BCUT2D eigenvalue weighted by Gasteiger charge is 2.04. The van der Waals surface area contributed by atoms with Crippen molar-refractivity contribution < 1.29 is 14.3 Å². The second-order valence-electron chi connectivity index (χ2n) is 1.98. The fraction of sp³-hybridized carbons (Fsp3) is 0.714. The number of carbonyl (C=O) groups is 2. The topological polar surface area (TPSA) is 69.4 Å². The third-order valence-corrected chi connectivity index (χ3v) is 1.94. The molecule has 0 aliphatic carbocycles. The lowest BCUT2D eigenvalue weighted by Crippen LogP contribution is -2.11. The van der Waals surface area contributed by atoms with Crippen LogP contribution in [0.5, 0.6) is 0 Å². The van der Waals surface area contributed by atoms with Crippen molar-refractivity contribution in [2.75, 3.05) is 18.9 Å². The maximum Gasteiger partial charge on any atom is 0.306 e. The molecule has 0 saturated heterocycles. The van der Waals surface area contributed by atoms with Crippen LogP contribution in [0.15, 0.2) is 0 Å². The molecular formula is C7H14ClNO3S. The van der Waals surface area contributed by atoms with Crippen molar-refractivity contribution >= 4 is 35.3 Å². The van der Waals surface area contributed by atoms with Gasteiger partial charge in [-0.1, -0.05) is 11.8 Å². The second kappa shape index (κ2) is 9.83. The maximum atomic E-state index is 10.7. The number of hydrogen-bond acceptors (Lipinski definition) is 5. The van der Waals surface area contributed by atoms with E-state index in [1.165, 1.54) is 0 Å². The van der Waals surface area contributed by atoms with Crippen LogP contribution in [0.2, 0.25) is 0 Å². The fourth-order valence-corrected chi connectivity index (χ4v) is 1.15. The highest BCUT2D eigenvalue weighted by atomic mass is 35.5. The quantitative estimate of drug-likeness (QED) is 0.696. The molecule has 0 heterocycles. The summed E-state index contributed by atoms with van der Waals surface area (Å²) in [5.74, 6) is 0.185. The zero-order valence-electron chi connectivity index (χ0n) is 7.45. The molecule has 0 aromatic heterocycles. The molecule has 0 atom stereocenters. The van der Waals surface area contributed by atoms with Crippen LogP contribution in [0, 0.1) is 0 Å². The SMILES string of the molecule is CCOC(=O)CCSC(=O)CN.Cl. The number of esters is 1. The number of nitrogens with two attached hydrogens (primary N) is 1. The van der Waals surface area contributed by atoms with Gasteiger partial charge in [0.1, 0.15) is 0 Å². The van der Waals surface area contributed by atoms with Gasteiger partial charge >= 0.3 is 5.97 Å². The van der Waals surface area contributed by atoms with E-state index in [1.54, 1.807) is 6.92 Å². The normalized spacial score (nSPS) is 8.77. The maximum absolute atomic E-state index is 10.7. The van der Waals surface area contributed by atoms with E-state index in [4.69, 9.17) is 5.73 Å². The van der Waals surface area contributed by atoms with E-state index >= 15 is 0 Å². The third-order valence-electron chi connectivity index (χ3n) is 1.04. The molecule has 0 rings (SSSR count). The molecule has 0 fully saturated rings. The van der Waals surface area contributed by atoms with E-state index in [9.17, 15) is 9.59 Å². The van der Waals surface area contributed by atoms with Crippen LogP contribution in [0.1, 0.15) is 13.3 Å². The molecule has 6 heteroatoms. The Morgan fingerprint density at radius 1 is 1.46 bits per heavy atom. The van der Waals surface area contributed by atoms with Crippen LogP contribution in [0.4, 0.5) is 0 Å². The summed E-state index contributed by atoms with van der Waals surface area (Å²) < 4.78 is 4.66. The number of rotatable bonds is 5. The van der Waals surface area contributed by atoms with Crippen molar-refractivity contribution in [1.29, 1.82) is 0 Å². The Hall–Kier alpha value is -0.260. The summed E-state index contributed by atoms with van der Waals surface area (Å²) in [6.07, 6.45) is 0.268. The van der Waals surface area contributed by atoms with E-state index in [-0.39, 0.29) is 36.5 Å². The van der Waals surface area contributed by atoms with Gasteiger partial charge in [0, 0.05) is 5.75 Å². The minimum absolute atomic E-state index is 0. The second-order valence-corrected chi connectivity index (χ2v) is 3.13. The van der Waals surface area contributed by atoms with Crippen LogP contribution in [-0.4, -0.2) is 30.0 Å². The summed E-state index contributed by atoms with van der Waals surface area (Å²) in [5, 5.41) is -0.0979. The first-order valence-electron chi connectivity index (χ1n) is 3.72. The number of carbonyl (C=O) groups excluding carboxylic acids is 2. The standard InChI is InChI=1S/C7H13NO3S.ClH/c1-2-11-6(9)3-4-12-7(10)5-8;/h2-5,8H2,1H3;1H. The van der Waals surface area contributed by atoms with Crippen molar-refractivity contribution in [1.82, 2.24) is 0 Å². The van der Waals surface area contributed by atoms with E-state index in [0.717, 1.165) is 11.8 Å². The van der Waals surface area contributed by atoms with Gasteiger partial charge in [0.2, 0.25) is 5.12 Å². The Labute approximate surface area is 88.0 Å². The zero-order chi connectivity index (χ0) is 9.40. The predicted octanol–water partition coefficient (Wildman–Crippen LogP) is 0.580. The van der Waals surface area contributed by atoms with E-state index in [0.29, 0.717) is 12.4 Å². The Morgan fingerprint density at radius 3 is 2.54 bits per heavy atom. The minimum Gasteiger partial charge on any atom is -0.466 e. The number of hydrogen-bond donors (Lipinski definition) is 1. The molecular weight excluding hydrogens is 214 g/mol. The molecule has 0 spiro atoms. The molecule has 0 aromatic rings. The van der Waals surface area contributed by atoms with Crippen molar-refractivity contribution in [2.24, 2.45) is 5.73 Å². The monoisotopic (exact) mass is 227 g/mol. The molecule has 0 aromatic carbocycles. The lowest BCUT2D eigenvalue weighted by atomic mass is 10.5. The summed E-state index contributed by atoms with van der Waals surface area (Å²) in [7, 11) is 0. The first-order chi connectivity index (χ1) is 5.70. The smallest absolute Gasteiger partial charge is 0.306 e. The largest absolute Gasteiger partial charge is 0.466 e. The first kappa shape index (κ1) is 15.2. The molecule has 0 unspecified atom stereocenters. The van der Waals surface area contributed by atoms with Gasteiger partial charge in [0.15, 0.2) is 0 Å². The van der Waals surface area contributed by atoms with Gasteiger partial charge in [-0.2, -0.15) is 0 Å². The van der Waals surface area contributed by atoms with Crippen molar-refractivity contribution in [3.63, 3.8) is 0 Å². The Bertz CT molecular complexity index is 166. The molecule has 0 aliphatic heterocycles. The van der Waals surface area contributed by atoms with Gasteiger partial charge in [-0.25, -0.2) is 0 Å². The fourth-order valence-electron chi connectivity index (χ4n) is 0.540. The summed E-state index contributed by atoms with van der Waals surface area (Å²) in [5.41, 5.74) is 5.06. The van der Waals surface area contributed by atoms with E-state index < -0.39 is 0 Å². The van der Waals surface area contributed by atoms with Crippen molar-refractivity contribution in [2.45, 2.75) is 13.3 Å².